The predicted octanol–water partition coefficient (Wildman–Crippen LogP) is 3.69. The molecular formula is C23H28F2N8O3. The molecule has 0 saturated carbocycles. The van der Waals surface area contributed by atoms with E-state index in [4.69, 9.17) is 4.42 Å². The molecule has 1 saturated heterocycles. The lowest BCUT2D eigenvalue weighted by atomic mass is 10.2. The highest BCUT2D eigenvalue weighted by molar-refractivity contribution is 6.06. The summed E-state index contributed by atoms with van der Waals surface area (Å²) in [5.74, 6) is -2.42. The monoisotopic (exact) mass is 502 g/mol. The van der Waals surface area contributed by atoms with Gasteiger partial charge in [-0.2, -0.15) is 5.10 Å². The lowest BCUT2D eigenvalue weighted by Gasteiger charge is -2.19. The molecule has 3 aromatic heterocycles. The Balaban J connectivity index is 1.47. The zero-order valence-electron chi connectivity index (χ0n) is 20.5. The van der Waals surface area contributed by atoms with Crippen molar-refractivity contribution in [2.75, 3.05) is 41.7 Å². The maximum atomic E-state index is 13.1. The number of urea groups is 1. The Kier molecular flexibility index (Phi) is 6.91. The second-order valence-corrected chi connectivity index (χ2v) is 9.16. The molecule has 4 heterocycles. The second kappa shape index (κ2) is 9.91. The summed E-state index contributed by atoms with van der Waals surface area (Å²) in [4.78, 5) is 37.3. The van der Waals surface area contributed by atoms with Gasteiger partial charge in [0.2, 0.25) is 5.89 Å². The number of hydrogen-bond acceptors (Lipinski definition) is 7. The number of amides is 3. The van der Waals surface area contributed by atoms with Gasteiger partial charge in [0.05, 0.1) is 12.7 Å². The molecule has 0 aliphatic carbocycles. The van der Waals surface area contributed by atoms with Crippen molar-refractivity contribution >= 4 is 29.3 Å². The normalized spacial score (nSPS) is 14.1. The van der Waals surface area contributed by atoms with Crippen LogP contribution in [0.25, 0.3) is 11.5 Å². The molecule has 13 heteroatoms. The molecule has 0 atom stereocenters. The molecule has 3 aromatic rings. The summed E-state index contributed by atoms with van der Waals surface area (Å²) in [7, 11) is 1.70. The number of anilines is 3. The fourth-order valence-electron chi connectivity index (χ4n) is 3.76. The van der Waals surface area contributed by atoms with Crippen molar-refractivity contribution in [2.45, 2.75) is 26.7 Å². The Labute approximate surface area is 206 Å². The number of rotatable bonds is 9. The molecule has 11 nitrogen and oxygen atoms in total. The molecule has 1 fully saturated rings. The average Bonchev–Trinajstić information content (AvgIpc) is 3.52. The van der Waals surface area contributed by atoms with E-state index in [0.29, 0.717) is 42.6 Å². The van der Waals surface area contributed by atoms with Crippen molar-refractivity contribution in [3.8, 4) is 11.5 Å². The van der Waals surface area contributed by atoms with Crippen LogP contribution >= 0.6 is 0 Å². The van der Waals surface area contributed by atoms with Crippen molar-refractivity contribution in [3.63, 3.8) is 0 Å². The summed E-state index contributed by atoms with van der Waals surface area (Å²) in [6, 6.07) is 2.93. The van der Waals surface area contributed by atoms with Gasteiger partial charge in [-0.25, -0.2) is 23.5 Å². The third kappa shape index (κ3) is 5.78. The topological polar surface area (TPSA) is 121 Å². The van der Waals surface area contributed by atoms with Gasteiger partial charge in [-0.05, 0) is 18.1 Å². The summed E-state index contributed by atoms with van der Waals surface area (Å²) < 4.78 is 33.2. The van der Waals surface area contributed by atoms with Crippen LogP contribution in [0.1, 0.15) is 31.3 Å². The van der Waals surface area contributed by atoms with Crippen LogP contribution in [0.2, 0.25) is 0 Å². The summed E-state index contributed by atoms with van der Waals surface area (Å²) in [5, 5.41) is 9.67. The van der Waals surface area contributed by atoms with Crippen molar-refractivity contribution in [3.05, 3.63) is 36.5 Å². The first kappa shape index (κ1) is 25.1. The van der Waals surface area contributed by atoms with Gasteiger partial charge in [0, 0.05) is 45.4 Å². The number of pyridine rings is 1. The number of nitrogens with zero attached hydrogens (tertiary/aromatic N) is 6. The standard InChI is InChI=1S/C23H28F2N8O3/c1-14(2)10-32-7-8-33(22(32)35)19-16(11-31(4)30-19)28-20(34)17-12-36-21(29-17)15-5-6-26-18(9-15)27-13-23(3,24)25/h5-6,9,11-12,14H,7-8,10,13H2,1-4H3,(H,26,27)(H,28,34). The van der Waals surface area contributed by atoms with Crippen LogP contribution in [0.5, 0.6) is 0 Å². The highest BCUT2D eigenvalue weighted by Gasteiger charge is 2.33. The van der Waals surface area contributed by atoms with Gasteiger partial charge in [0.25, 0.3) is 11.8 Å². The van der Waals surface area contributed by atoms with Crippen molar-refractivity contribution in [1.82, 2.24) is 24.6 Å². The maximum absolute atomic E-state index is 13.1. The summed E-state index contributed by atoms with van der Waals surface area (Å²) >= 11 is 0. The maximum Gasteiger partial charge on any atom is 0.325 e. The van der Waals surface area contributed by atoms with Crippen molar-refractivity contribution < 1.29 is 22.8 Å². The molecule has 3 amide bonds. The minimum Gasteiger partial charge on any atom is -0.444 e. The summed E-state index contributed by atoms with van der Waals surface area (Å²) in [6.07, 6.45) is 4.23. The molecule has 0 unspecified atom stereocenters. The fourth-order valence-corrected chi connectivity index (χ4v) is 3.76. The number of halogens is 2. The number of nitrogens with one attached hydrogen (secondary N) is 2. The Morgan fingerprint density at radius 2 is 2.08 bits per heavy atom. The predicted molar refractivity (Wildman–Crippen MR) is 129 cm³/mol. The smallest absolute Gasteiger partial charge is 0.325 e. The molecule has 2 N–H and O–H groups in total. The first-order valence-corrected chi connectivity index (χ1v) is 11.5. The van der Waals surface area contributed by atoms with Crippen LogP contribution in [0.15, 0.2) is 35.2 Å². The third-order valence-electron chi connectivity index (χ3n) is 5.32. The number of hydrogen-bond donors (Lipinski definition) is 2. The minimum absolute atomic E-state index is 0.000369. The molecule has 0 aromatic carbocycles. The Morgan fingerprint density at radius 3 is 2.81 bits per heavy atom. The molecule has 0 radical (unpaired) electrons. The SMILES string of the molecule is CC(C)CN1CCN(c2nn(C)cc2NC(=O)c2coc(-c3ccnc(NCC(C)(F)F)c3)n2)C1=O. The van der Waals surface area contributed by atoms with E-state index in [2.05, 4.69) is 25.7 Å². The summed E-state index contributed by atoms with van der Waals surface area (Å²) in [6.45, 7) is 5.98. The van der Waals surface area contributed by atoms with Gasteiger partial charge in [-0.3, -0.25) is 14.4 Å². The van der Waals surface area contributed by atoms with Gasteiger partial charge in [-0.15, -0.1) is 0 Å². The van der Waals surface area contributed by atoms with E-state index < -0.39 is 18.4 Å². The minimum atomic E-state index is -2.90. The van der Waals surface area contributed by atoms with Gasteiger partial charge < -0.3 is 20.0 Å². The fraction of sp³-hybridized carbons (Fsp3) is 0.435. The van der Waals surface area contributed by atoms with Gasteiger partial charge >= 0.3 is 6.03 Å². The van der Waals surface area contributed by atoms with E-state index in [0.717, 1.165) is 6.92 Å². The van der Waals surface area contributed by atoms with Crippen molar-refractivity contribution in [2.24, 2.45) is 13.0 Å². The summed E-state index contributed by atoms with van der Waals surface area (Å²) in [5.41, 5.74) is 0.823. The average molecular weight is 503 g/mol. The molecular weight excluding hydrogens is 474 g/mol. The van der Waals surface area contributed by atoms with E-state index in [9.17, 15) is 18.4 Å². The molecule has 192 valence electrons. The first-order valence-electron chi connectivity index (χ1n) is 11.5. The number of aryl methyl sites for hydroxylation is 1. The zero-order chi connectivity index (χ0) is 26.0. The number of carbonyl (C=O) groups is 2. The molecule has 4 rings (SSSR count). The molecule has 0 bridgehead atoms. The van der Waals surface area contributed by atoms with Gasteiger partial charge in [0.1, 0.15) is 17.8 Å². The Hall–Kier alpha value is -4.03. The van der Waals surface area contributed by atoms with Crippen LogP contribution < -0.4 is 15.5 Å². The quantitative estimate of drug-likeness (QED) is 0.458. The van der Waals surface area contributed by atoms with E-state index in [1.165, 1.54) is 28.1 Å². The lowest BCUT2D eigenvalue weighted by molar-refractivity contribution is 0.0367. The van der Waals surface area contributed by atoms with Crippen LogP contribution in [0.3, 0.4) is 0 Å². The van der Waals surface area contributed by atoms with E-state index in [-0.39, 0.29) is 23.4 Å². The number of oxazole rings is 1. The van der Waals surface area contributed by atoms with Crippen LogP contribution in [-0.4, -0.2) is 68.7 Å². The second-order valence-electron chi connectivity index (χ2n) is 9.16. The van der Waals surface area contributed by atoms with Gasteiger partial charge in [0.15, 0.2) is 11.5 Å². The van der Waals surface area contributed by atoms with E-state index in [1.807, 2.05) is 13.8 Å². The van der Waals surface area contributed by atoms with Crippen LogP contribution in [-0.2, 0) is 7.05 Å². The van der Waals surface area contributed by atoms with E-state index in [1.54, 1.807) is 24.2 Å². The number of alkyl halides is 2. The Morgan fingerprint density at radius 1 is 1.31 bits per heavy atom. The van der Waals surface area contributed by atoms with E-state index >= 15 is 0 Å². The van der Waals surface area contributed by atoms with Crippen LogP contribution in [0, 0.1) is 5.92 Å². The lowest BCUT2D eigenvalue weighted by Crippen LogP contribution is -2.34. The van der Waals surface area contributed by atoms with Gasteiger partial charge in [-0.1, -0.05) is 13.8 Å². The number of aromatic nitrogens is 4. The molecule has 36 heavy (non-hydrogen) atoms. The largest absolute Gasteiger partial charge is 0.444 e. The highest BCUT2D eigenvalue weighted by atomic mass is 19.3. The first-order chi connectivity index (χ1) is 17.0. The molecule has 1 aliphatic rings. The molecule has 0 spiro atoms. The highest BCUT2D eigenvalue weighted by Crippen LogP contribution is 2.28. The Bertz CT molecular complexity index is 1250. The van der Waals surface area contributed by atoms with Crippen LogP contribution in [0.4, 0.5) is 30.9 Å². The third-order valence-corrected chi connectivity index (χ3v) is 5.32. The zero-order valence-corrected chi connectivity index (χ0v) is 20.5. The molecule has 1 aliphatic heterocycles. The number of carbonyl (C=O) groups excluding carboxylic acids is 2. The van der Waals surface area contributed by atoms with Crippen molar-refractivity contribution in [1.29, 1.82) is 0 Å².